The fourth-order valence-corrected chi connectivity index (χ4v) is 1.98. The molecule has 5 heteroatoms. The monoisotopic (exact) mass is 221 g/mol. The molecular formula is C11H11NO4. The van der Waals surface area contributed by atoms with Crippen molar-refractivity contribution in [3.8, 4) is 5.75 Å². The number of carboxylic acids is 1. The molecule has 1 heterocycles. The van der Waals surface area contributed by atoms with E-state index < -0.39 is 11.4 Å². The molecule has 1 aromatic rings. The summed E-state index contributed by atoms with van der Waals surface area (Å²) in [6.07, 6.45) is -0.139. The summed E-state index contributed by atoms with van der Waals surface area (Å²) in [5, 5.41) is 21.4. The summed E-state index contributed by atoms with van der Waals surface area (Å²) in [6, 6.07) is 6.20. The van der Waals surface area contributed by atoms with Gasteiger partial charge in [0.2, 0.25) is 5.91 Å². The zero-order chi connectivity index (χ0) is 11.8. The molecule has 1 aliphatic rings. The van der Waals surface area contributed by atoms with Crippen molar-refractivity contribution in [3.63, 3.8) is 0 Å². The zero-order valence-corrected chi connectivity index (χ0v) is 8.43. The van der Waals surface area contributed by atoms with E-state index in [1.807, 2.05) is 0 Å². The normalized spacial score (nSPS) is 24.1. The van der Waals surface area contributed by atoms with Gasteiger partial charge in [-0.05, 0) is 6.07 Å². The minimum absolute atomic E-state index is 0.0126. The van der Waals surface area contributed by atoms with Gasteiger partial charge in [0.1, 0.15) is 11.2 Å². The molecule has 16 heavy (non-hydrogen) atoms. The largest absolute Gasteiger partial charge is 0.508 e. The lowest BCUT2D eigenvalue weighted by atomic mass is 9.79. The summed E-state index contributed by atoms with van der Waals surface area (Å²) in [7, 11) is 0. The van der Waals surface area contributed by atoms with E-state index in [0.29, 0.717) is 0 Å². The average Bonchev–Trinajstić information content (AvgIpc) is 2.62. The molecule has 0 radical (unpaired) electrons. The van der Waals surface area contributed by atoms with Gasteiger partial charge in [0.15, 0.2) is 0 Å². The van der Waals surface area contributed by atoms with Crippen LogP contribution in [0, 0.1) is 0 Å². The van der Waals surface area contributed by atoms with Crippen molar-refractivity contribution >= 4 is 11.9 Å². The van der Waals surface area contributed by atoms with E-state index in [4.69, 9.17) is 0 Å². The number of aromatic hydroxyl groups is 1. The predicted octanol–water partition coefficient (Wildman–Crippen LogP) is 0.235. The number of phenolic OH excluding ortho intramolecular Hbond substituents is 1. The summed E-state index contributed by atoms with van der Waals surface area (Å²) in [4.78, 5) is 22.5. The first kappa shape index (κ1) is 10.5. The molecular weight excluding hydrogens is 210 g/mol. The Balaban J connectivity index is 2.53. The zero-order valence-electron chi connectivity index (χ0n) is 8.43. The topological polar surface area (TPSA) is 86.6 Å². The van der Waals surface area contributed by atoms with Crippen molar-refractivity contribution in [2.75, 3.05) is 6.54 Å². The molecule has 0 aromatic heterocycles. The van der Waals surface area contributed by atoms with Crippen LogP contribution in [0.4, 0.5) is 0 Å². The van der Waals surface area contributed by atoms with Crippen LogP contribution in [0.5, 0.6) is 5.75 Å². The quantitative estimate of drug-likeness (QED) is 0.667. The van der Waals surface area contributed by atoms with Crippen LogP contribution in [0.1, 0.15) is 12.0 Å². The highest BCUT2D eigenvalue weighted by molar-refractivity contribution is 5.94. The molecule has 84 valence electrons. The van der Waals surface area contributed by atoms with Gasteiger partial charge in [0.25, 0.3) is 0 Å². The van der Waals surface area contributed by atoms with E-state index in [2.05, 4.69) is 5.32 Å². The second-order valence-corrected chi connectivity index (χ2v) is 3.86. The minimum Gasteiger partial charge on any atom is -0.508 e. The van der Waals surface area contributed by atoms with Gasteiger partial charge in [-0.3, -0.25) is 9.59 Å². The molecule has 0 aliphatic carbocycles. The van der Waals surface area contributed by atoms with Crippen LogP contribution in [-0.4, -0.2) is 28.6 Å². The van der Waals surface area contributed by atoms with Crippen LogP contribution in [0.15, 0.2) is 24.3 Å². The first-order valence-corrected chi connectivity index (χ1v) is 4.85. The number of para-hydroxylation sites is 1. The molecule has 0 bridgehead atoms. The van der Waals surface area contributed by atoms with Crippen LogP contribution in [0.2, 0.25) is 0 Å². The van der Waals surface area contributed by atoms with E-state index in [9.17, 15) is 19.8 Å². The number of hydrogen-bond acceptors (Lipinski definition) is 3. The highest BCUT2D eigenvalue weighted by Gasteiger charge is 2.48. The average molecular weight is 221 g/mol. The maximum atomic E-state index is 11.3. The highest BCUT2D eigenvalue weighted by Crippen LogP contribution is 2.36. The maximum Gasteiger partial charge on any atom is 0.316 e. The Bertz CT molecular complexity index is 457. The lowest BCUT2D eigenvalue weighted by molar-refractivity contribution is -0.143. The molecule has 3 N–H and O–H groups in total. The third kappa shape index (κ3) is 1.41. The number of nitrogens with one attached hydrogen (secondary N) is 1. The third-order valence-corrected chi connectivity index (χ3v) is 2.88. The molecule has 2 rings (SSSR count). The number of hydrogen-bond donors (Lipinski definition) is 3. The van der Waals surface area contributed by atoms with Gasteiger partial charge in [-0.25, -0.2) is 0 Å². The number of phenols is 1. The molecule has 1 unspecified atom stereocenters. The van der Waals surface area contributed by atoms with E-state index in [1.54, 1.807) is 12.1 Å². The van der Waals surface area contributed by atoms with Crippen molar-refractivity contribution in [3.05, 3.63) is 29.8 Å². The Kier molecular flexibility index (Phi) is 2.30. The Morgan fingerprint density at radius 1 is 1.38 bits per heavy atom. The summed E-state index contributed by atoms with van der Waals surface area (Å²) in [5.41, 5.74) is -1.07. The number of amides is 1. The van der Waals surface area contributed by atoms with Crippen LogP contribution in [0.3, 0.4) is 0 Å². The molecule has 1 saturated heterocycles. The van der Waals surface area contributed by atoms with Crippen LogP contribution in [0.25, 0.3) is 0 Å². The molecule has 0 spiro atoms. The Hall–Kier alpha value is -2.04. The van der Waals surface area contributed by atoms with Gasteiger partial charge in [-0.1, -0.05) is 18.2 Å². The van der Waals surface area contributed by atoms with Crippen LogP contribution in [-0.2, 0) is 15.0 Å². The van der Waals surface area contributed by atoms with E-state index in [-0.39, 0.29) is 30.2 Å². The van der Waals surface area contributed by atoms with Gasteiger partial charge in [-0.15, -0.1) is 0 Å². The van der Waals surface area contributed by atoms with Gasteiger partial charge in [0.05, 0.1) is 0 Å². The van der Waals surface area contributed by atoms with Gasteiger partial charge >= 0.3 is 5.97 Å². The summed E-state index contributed by atoms with van der Waals surface area (Å²) < 4.78 is 0. The lowest BCUT2D eigenvalue weighted by Crippen LogP contribution is -2.37. The van der Waals surface area contributed by atoms with Crippen molar-refractivity contribution < 1.29 is 19.8 Å². The molecule has 1 fully saturated rings. The fourth-order valence-electron chi connectivity index (χ4n) is 1.98. The van der Waals surface area contributed by atoms with Crippen molar-refractivity contribution in [1.29, 1.82) is 0 Å². The Morgan fingerprint density at radius 2 is 2.06 bits per heavy atom. The second-order valence-electron chi connectivity index (χ2n) is 3.86. The standard InChI is InChI=1S/C11H11NO4/c13-8-4-2-1-3-7(8)11(10(15)16)5-9(14)12-6-11/h1-4,13H,5-6H2,(H,12,14)(H,15,16). The molecule has 0 saturated carbocycles. The molecule has 1 atom stereocenters. The van der Waals surface area contributed by atoms with Crippen molar-refractivity contribution in [2.45, 2.75) is 11.8 Å². The van der Waals surface area contributed by atoms with E-state index in [1.165, 1.54) is 12.1 Å². The Morgan fingerprint density at radius 3 is 2.56 bits per heavy atom. The first-order chi connectivity index (χ1) is 7.56. The van der Waals surface area contributed by atoms with Crippen LogP contribution >= 0.6 is 0 Å². The number of carbonyl (C=O) groups excluding carboxylic acids is 1. The lowest BCUT2D eigenvalue weighted by Gasteiger charge is -2.23. The number of benzene rings is 1. The predicted molar refractivity (Wildman–Crippen MR) is 55.0 cm³/mol. The van der Waals surface area contributed by atoms with Gasteiger partial charge in [0, 0.05) is 18.5 Å². The number of aliphatic carboxylic acids is 1. The summed E-state index contributed by atoms with van der Waals surface area (Å²) in [6.45, 7) is 0.0126. The van der Waals surface area contributed by atoms with Crippen molar-refractivity contribution in [1.82, 2.24) is 5.32 Å². The van der Waals surface area contributed by atoms with E-state index >= 15 is 0 Å². The van der Waals surface area contributed by atoms with E-state index in [0.717, 1.165) is 0 Å². The number of carbonyl (C=O) groups is 2. The van der Waals surface area contributed by atoms with Crippen molar-refractivity contribution in [2.24, 2.45) is 0 Å². The van der Waals surface area contributed by atoms with Crippen LogP contribution < -0.4 is 5.32 Å². The smallest absolute Gasteiger partial charge is 0.316 e. The molecule has 1 amide bonds. The molecule has 1 aromatic carbocycles. The third-order valence-electron chi connectivity index (χ3n) is 2.88. The number of rotatable bonds is 2. The molecule has 1 aliphatic heterocycles. The van der Waals surface area contributed by atoms with Gasteiger partial charge in [-0.2, -0.15) is 0 Å². The number of carboxylic acid groups (broad SMARTS) is 1. The summed E-state index contributed by atoms with van der Waals surface area (Å²) >= 11 is 0. The molecule has 5 nitrogen and oxygen atoms in total. The fraction of sp³-hybridized carbons (Fsp3) is 0.273. The SMILES string of the molecule is O=C1CC(C(=O)O)(c2ccccc2O)CN1. The highest BCUT2D eigenvalue weighted by atomic mass is 16.4. The van der Waals surface area contributed by atoms with Gasteiger partial charge < -0.3 is 15.5 Å². The minimum atomic E-state index is -1.34. The maximum absolute atomic E-state index is 11.3. The summed E-state index contributed by atoms with van der Waals surface area (Å²) in [5.74, 6) is -1.51. The second kappa shape index (κ2) is 3.52. The Labute approximate surface area is 91.7 Å². The first-order valence-electron chi connectivity index (χ1n) is 4.85.